The van der Waals surface area contributed by atoms with Gasteiger partial charge in [0.2, 0.25) is 0 Å². The first-order chi connectivity index (χ1) is 12.2. The molecule has 0 saturated heterocycles. The highest BCUT2D eigenvalue weighted by Crippen LogP contribution is 2.28. The molecule has 1 aromatic heterocycles. The lowest BCUT2D eigenvalue weighted by Gasteiger charge is -2.17. The van der Waals surface area contributed by atoms with Crippen molar-refractivity contribution in [1.82, 2.24) is 20.2 Å². The number of rotatable bonds is 4. The van der Waals surface area contributed by atoms with Gasteiger partial charge >= 0.3 is 0 Å². The Kier molecular flexibility index (Phi) is 4.53. The normalized spacial score (nSPS) is 11.6. The molecule has 8 heteroatoms. The molecule has 0 bridgehead atoms. The monoisotopic (exact) mass is 371 g/mol. The molecule has 0 aliphatic carbocycles. The van der Waals surface area contributed by atoms with Crippen molar-refractivity contribution in [2.45, 2.75) is 32.6 Å². The van der Waals surface area contributed by atoms with Crippen molar-refractivity contribution in [2.75, 3.05) is 4.72 Å². The number of hydrogen-bond acceptors (Lipinski definition) is 5. The second kappa shape index (κ2) is 6.53. The molecule has 0 spiro atoms. The summed E-state index contributed by atoms with van der Waals surface area (Å²) in [5, 5.41) is 11.4. The number of tetrazole rings is 1. The van der Waals surface area contributed by atoms with E-state index in [4.69, 9.17) is 0 Å². The van der Waals surface area contributed by atoms with Crippen molar-refractivity contribution in [2.24, 2.45) is 7.05 Å². The lowest BCUT2D eigenvalue weighted by atomic mass is 10.0. The quantitative estimate of drug-likeness (QED) is 0.761. The summed E-state index contributed by atoms with van der Waals surface area (Å²) < 4.78 is 30.3. The zero-order chi connectivity index (χ0) is 19.1. The first-order valence-electron chi connectivity index (χ1n) is 8.13. The number of nitrogens with one attached hydrogen (secondary N) is 1. The van der Waals surface area contributed by atoms with Gasteiger partial charge < -0.3 is 0 Å². The number of nitrogens with zero attached hydrogens (tertiary/aromatic N) is 4. The number of anilines is 1. The second-order valence-corrected chi connectivity index (χ2v) is 8.02. The van der Waals surface area contributed by atoms with Crippen LogP contribution in [0.2, 0.25) is 0 Å². The van der Waals surface area contributed by atoms with Gasteiger partial charge in [-0.1, -0.05) is 18.2 Å². The summed E-state index contributed by atoms with van der Waals surface area (Å²) >= 11 is 0. The summed E-state index contributed by atoms with van der Waals surface area (Å²) in [7, 11) is -1.99. The Labute approximate surface area is 153 Å². The van der Waals surface area contributed by atoms with Gasteiger partial charge in [0.1, 0.15) is 0 Å². The van der Waals surface area contributed by atoms with E-state index in [9.17, 15) is 8.42 Å². The summed E-state index contributed by atoms with van der Waals surface area (Å²) in [6.45, 7) is 7.50. The second-order valence-electron chi connectivity index (χ2n) is 6.40. The van der Waals surface area contributed by atoms with E-state index >= 15 is 0 Å². The van der Waals surface area contributed by atoms with Crippen LogP contribution in [0.3, 0.4) is 0 Å². The molecule has 0 aliphatic heterocycles. The van der Waals surface area contributed by atoms with Crippen LogP contribution in [-0.4, -0.2) is 28.6 Å². The van der Waals surface area contributed by atoms with Crippen LogP contribution in [0.1, 0.15) is 22.3 Å². The number of hydrogen-bond donors (Lipinski definition) is 1. The van der Waals surface area contributed by atoms with Gasteiger partial charge in [-0.2, -0.15) is 0 Å². The molecule has 0 radical (unpaired) electrons. The minimum atomic E-state index is -3.72. The lowest BCUT2D eigenvalue weighted by Crippen LogP contribution is -2.17. The van der Waals surface area contributed by atoms with Crippen LogP contribution in [0.15, 0.2) is 35.2 Å². The minimum absolute atomic E-state index is 0.334. The molecule has 0 aliphatic rings. The van der Waals surface area contributed by atoms with Crippen molar-refractivity contribution >= 4 is 15.7 Å². The average Bonchev–Trinajstić information content (AvgIpc) is 2.99. The molecule has 1 N–H and O–H groups in total. The van der Waals surface area contributed by atoms with Gasteiger partial charge in [-0.3, -0.25) is 4.72 Å². The van der Waals surface area contributed by atoms with Crippen molar-refractivity contribution in [3.05, 3.63) is 52.6 Å². The van der Waals surface area contributed by atoms with Crippen molar-refractivity contribution in [3.8, 4) is 11.4 Å². The maximum Gasteiger partial charge on any atom is 0.262 e. The molecule has 26 heavy (non-hydrogen) atoms. The van der Waals surface area contributed by atoms with E-state index in [1.807, 2.05) is 39.8 Å². The minimum Gasteiger partial charge on any atom is -0.280 e. The zero-order valence-corrected chi connectivity index (χ0v) is 16.2. The van der Waals surface area contributed by atoms with Crippen LogP contribution in [0.5, 0.6) is 0 Å². The highest BCUT2D eigenvalue weighted by molar-refractivity contribution is 7.92. The van der Waals surface area contributed by atoms with Crippen molar-refractivity contribution < 1.29 is 8.42 Å². The molecule has 0 atom stereocenters. The van der Waals surface area contributed by atoms with E-state index < -0.39 is 10.0 Å². The smallest absolute Gasteiger partial charge is 0.262 e. The lowest BCUT2D eigenvalue weighted by molar-refractivity contribution is 0.599. The van der Waals surface area contributed by atoms with E-state index in [1.165, 1.54) is 4.68 Å². The van der Waals surface area contributed by atoms with Gasteiger partial charge in [0.15, 0.2) is 5.82 Å². The Morgan fingerprint density at radius 1 is 1.00 bits per heavy atom. The fourth-order valence-corrected chi connectivity index (χ4v) is 4.65. The van der Waals surface area contributed by atoms with Crippen molar-refractivity contribution in [3.63, 3.8) is 0 Å². The fourth-order valence-electron chi connectivity index (χ4n) is 2.99. The van der Waals surface area contributed by atoms with Crippen molar-refractivity contribution in [1.29, 1.82) is 0 Å². The fraction of sp³-hybridized carbons (Fsp3) is 0.278. The molecule has 0 amide bonds. The number of aryl methyl sites for hydroxylation is 3. The Hall–Kier alpha value is -2.74. The summed E-state index contributed by atoms with van der Waals surface area (Å²) in [6.07, 6.45) is 0. The topological polar surface area (TPSA) is 89.8 Å². The van der Waals surface area contributed by atoms with Crippen LogP contribution < -0.4 is 4.72 Å². The SMILES string of the molecule is Cc1cc(C)c(C)c(S(=O)(=O)Nc2cccc(-c3nnnn3C)c2)c1C. The highest BCUT2D eigenvalue weighted by atomic mass is 32.2. The summed E-state index contributed by atoms with van der Waals surface area (Å²) in [5.41, 5.74) is 4.61. The van der Waals surface area contributed by atoms with Gasteiger partial charge in [-0.25, -0.2) is 13.1 Å². The first-order valence-corrected chi connectivity index (χ1v) is 9.62. The van der Waals surface area contributed by atoms with Crippen LogP contribution >= 0.6 is 0 Å². The standard InChI is InChI=1S/C18H21N5O2S/c1-11-9-12(2)14(4)17(13(11)3)26(24,25)20-16-8-6-7-15(10-16)18-19-21-22-23(18)5/h6-10,20H,1-5H3. The van der Waals surface area contributed by atoms with E-state index in [0.29, 0.717) is 16.4 Å². The number of benzene rings is 2. The Bertz CT molecular complexity index is 1060. The van der Waals surface area contributed by atoms with Gasteiger partial charge in [0, 0.05) is 18.3 Å². The summed E-state index contributed by atoms with van der Waals surface area (Å²) in [6, 6.07) is 9.03. The van der Waals surface area contributed by atoms with Crippen LogP contribution in [0, 0.1) is 27.7 Å². The molecule has 1 heterocycles. The highest BCUT2D eigenvalue weighted by Gasteiger charge is 2.22. The average molecular weight is 371 g/mol. The first kappa shape index (κ1) is 18.1. The van der Waals surface area contributed by atoms with Crippen LogP contribution in [0.4, 0.5) is 5.69 Å². The maximum atomic E-state index is 13.1. The van der Waals surface area contributed by atoms with Gasteiger partial charge in [0.25, 0.3) is 10.0 Å². The van der Waals surface area contributed by atoms with E-state index in [0.717, 1.165) is 27.8 Å². The Morgan fingerprint density at radius 3 is 2.23 bits per heavy atom. The molecule has 0 saturated carbocycles. The molecular formula is C18H21N5O2S. The molecular weight excluding hydrogens is 350 g/mol. The molecule has 3 rings (SSSR count). The Balaban J connectivity index is 2.03. The third kappa shape index (κ3) is 3.20. The van der Waals surface area contributed by atoms with E-state index in [2.05, 4.69) is 20.2 Å². The Morgan fingerprint density at radius 2 is 1.65 bits per heavy atom. The molecule has 0 unspecified atom stereocenters. The predicted molar refractivity (Wildman–Crippen MR) is 100 cm³/mol. The third-order valence-corrected chi connectivity index (χ3v) is 6.21. The zero-order valence-electron chi connectivity index (χ0n) is 15.4. The summed E-state index contributed by atoms with van der Waals surface area (Å²) in [5.74, 6) is 0.560. The number of aromatic nitrogens is 4. The molecule has 2 aromatic carbocycles. The largest absolute Gasteiger partial charge is 0.280 e. The summed E-state index contributed by atoms with van der Waals surface area (Å²) in [4.78, 5) is 0.334. The number of sulfonamides is 1. The van der Waals surface area contributed by atoms with E-state index in [1.54, 1.807) is 25.2 Å². The van der Waals surface area contributed by atoms with Crippen LogP contribution in [-0.2, 0) is 17.1 Å². The molecule has 136 valence electrons. The maximum absolute atomic E-state index is 13.1. The van der Waals surface area contributed by atoms with Crippen LogP contribution in [0.25, 0.3) is 11.4 Å². The molecule has 3 aromatic rings. The third-order valence-electron chi connectivity index (χ3n) is 4.56. The van der Waals surface area contributed by atoms with Gasteiger partial charge in [0.05, 0.1) is 4.90 Å². The van der Waals surface area contributed by atoms with Gasteiger partial charge in [-0.05, 0) is 72.5 Å². The van der Waals surface area contributed by atoms with E-state index in [-0.39, 0.29) is 0 Å². The van der Waals surface area contributed by atoms with Gasteiger partial charge in [-0.15, -0.1) is 5.10 Å². The predicted octanol–water partition coefficient (Wildman–Crippen LogP) is 2.91. The molecule has 0 fully saturated rings. The molecule has 7 nitrogen and oxygen atoms in total.